The number of aryl methyl sites for hydroxylation is 1. The van der Waals surface area contributed by atoms with Gasteiger partial charge in [-0.15, -0.1) is 0 Å². The van der Waals surface area contributed by atoms with Crippen LogP contribution in [-0.4, -0.2) is 46.9 Å². The fraction of sp³-hybridized carbons (Fsp3) is 0.333. The summed E-state index contributed by atoms with van der Waals surface area (Å²) in [6.07, 6.45) is -0.732. The van der Waals surface area contributed by atoms with Crippen LogP contribution in [0.4, 0.5) is 0 Å². The number of benzene rings is 1. The molecule has 0 spiro atoms. The Bertz CT molecular complexity index is 701. The lowest BCUT2D eigenvalue weighted by atomic mass is 10.2. The Morgan fingerprint density at radius 3 is 2.71 bits per heavy atom. The summed E-state index contributed by atoms with van der Waals surface area (Å²) in [7, 11) is 1.27. The van der Waals surface area contributed by atoms with Crippen molar-refractivity contribution in [3.63, 3.8) is 0 Å². The van der Waals surface area contributed by atoms with Crippen molar-refractivity contribution in [2.24, 2.45) is 0 Å². The molecule has 24 heavy (non-hydrogen) atoms. The lowest BCUT2D eigenvalue weighted by Gasteiger charge is -2.10. The van der Waals surface area contributed by atoms with E-state index in [1.165, 1.54) is 7.11 Å². The van der Waals surface area contributed by atoms with E-state index in [1.54, 1.807) is 24.3 Å². The molecule has 0 fully saturated rings. The maximum atomic E-state index is 11.7. The quantitative estimate of drug-likeness (QED) is 0.739. The molecule has 1 aromatic carbocycles. The number of rotatable bonds is 8. The first-order valence-corrected chi connectivity index (χ1v) is 7.48. The highest BCUT2D eigenvalue weighted by atomic mass is 35.5. The number of carbonyl (C=O) groups excluding carboxylic acids is 1. The third-order valence-electron chi connectivity index (χ3n) is 3.18. The number of nitrogens with zero attached hydrogens (tertiary/aromatic N) is 2. The van der Waals surface area contributed by atoms with Gasteiger partial charge in [-0.2, -0.15) is 4.98 Å². The summed E-state index contributed by atoms with van der Waals surface area (Å²) in [4.78, 5) is 26.7. The van der Waals surface area contributed by atoms with Gasteiger partial charge in [0, 0.05) is 30.5 Å². The van der Waals surface area contributed by atoms with Crippen LogP contribution in [0.25, 0.3) is 11.4 Å². The van der Waals surface area contributed by atoms with E-state index in [9.17, 15) is 9.59 Å². The number of ether oxygens (including phenoxy) is 1. The van der Waals surface area contributed by atoms with Crippen LogP contribution >= 0.6 is 11.6 Å². The molecule has 2 N–H and O–H groups in total. The average Bonchev–Trinajstić information content (AvgIpc) is 3.03. The van der Waals surface area contributed by atoms with E-state index in [0.29, 0.717) is 16.7 Å². The largest absolute Gasteiger partial charge is 0.479 e. The molecule has 2 aromatic rings. The molecule has 1 aromatic heterocycles. The number of carboxylic acid groups (broad SMARTS) is 1. The van der Waals surface area contributed by atoms with Crippen LogP contribution < -0.4 is 5.32 Å². The molecule has 0 saturated heterocycles. The Labute approximate surface area is 142 Å². The summed E-state index contributed by atoms with van der Waals surface area (Å²) in [5.74, 6) is -0.740. The van der Waals surface area contributed by atoms with Gasteiger partial charge in [0.05, 0.1) is 6.54 Å². The number of aliphatic carboxylic acids is 1. The zero-order chi connectivity index (χ0) is 17.5. The van der Waals surface area contributed by atoms with E-state index in [4.69, 9.17) is 26.0 Å². The summed E-state index contributed by atoms with van der Waals surface area (Å²) < 4.78 is 9.81. The molecule has 128 valence electrons. The number of carboxylic acids is 1. The summed E-state index contributed by atoms with van der Waals surface area (Å²) in [6.45, 7) is -0.107. The molecule has 1 amide bonds. The minimum Gasteiger partial charge on any atom is -0.479 e. The highest BCUT2D eigenvalue weighted by molar-refractivity contribution is 6.30. The number of amides is 1. The Hall–Kier alpha value is -2.45. The number of hydrogen-bond donors (Lipinski definition) is 2. The van der Waals surface area contributed by atoms with Gasteiger partial charge in [-0.25, -0.2) is 4.79 Å². The van der Waals surface area contributed by atoms with Crippen molar-refractivity contribution in [2.75, 3.05) is 13.7 Å². The number of aromatic nitrogens is 2. The molecule has 1 atom stereocenters. The van der Waals surface area contributed by atoms with Crippen molar-refractivity contribution in [2.45, 2.75) is 18.9 Å². The van der Waals surface area contributed by atoms with Crippen LogP contribution in [-0.2, 0) is 20.7 Å². The van der Waals surface area contributed by atoms with Gasteiger partial charge in [-0.05, 0) is 24.3 Å². The first kappa shape index (κ1) is 17.9. The minimum absolute atomic E-state index is 0.0955. The van der Waals surface area contributed by atoms with Crippen LogP contribution in [0.3, 0.4) is 0 Å². The normalized spacial score (nSPS) is 11.9. The van der Waals surface area contributed by atoms with Gasteiger partial charge >= 0.3 is 5.97 Å². The monoisotopic (exact) mass is 353 g/mol. The topological polar surface area (TPSA) is 115 Å². The number of halogens is 1. The van der Waals surface area contributed by atoms with E-state index < -0.39 is 12.1 Å². The molecule has 0 aliphatic rings. The molecular weight excluding hydrogens is 338 g/mol. The molecule has 1 unspecified atom stereocenters. The van der Waals surface area contributed by atoms with Gasteiger partial charge in [-0.3, -0.25) is 4.79 Å². The van der Waals surface area contributed by atoms with Crippen molar-refractivity contribution >= 4 is 23.5 Å². The van der Waals surface area contributed by atoms with Gasteiger partial charge in [-0.1, -0.05) is 16.8 Å². The van der Waals surface area contributed by atoms with Gasteiger partial charge in [0.15, 0.2) is 6.10 Å². The summed E-state index contributed by atoms with van der Waals surface area (Å²) in [5, 5.41) is 15.7. The fourth-order valence-corrected chi connectivity index (χ4v) is 1.99. The maximum Gasteiger partial charge on any atom is 0.334 e. The van der Waals surface area contributed by atoms with Crippen LogP contribution in [0.5, 0.6) is 0 Å². The second-order valence-electron chi connectivity index (χ2n) is 4.89. The van der Waals surface area contributed by atoms with Gasteiger partial charge in [0.1, 0.15) is 0 Å². The van der Waals surface area contributed by atoms with Crippen LogP contribution in [0.1, 0.15) is 12.3 Å². The van der Waals surface area contributed by atoms with Crippen molar-refractivity contribution in [1.82, 2.24) is 15.5 Å². The maximum absolute atomic E-state index is 11.7. The average molecular weight is 354 g/mol. The highest BCUT2D eigenvalue weighted by Crippen LogP contribution is 2.18. The molecule has 0 saturated carbocycles. The minimum atomic E-state index is -1.14. The molecule has 0 aliphatic heterocycles. The molecule has 8 nitrogen and oxygen atoms in total. The third kappa shape index (κ3) is 5.04. The lowest BCUT2D eigenvalue weighted by Crippen LogP contribution is -2.37. The fourth-order valence-electron chi connectivity index (χ4n) is 1.86. The second kappa shape index (κ2) is 8.42. The van der Waals surface area contributed by atoms with E-state index in [1.807, 2.05) is 0 Å². The SMILES string of the molecule is COC(CNC(=O)CCc1nc(-c2ccc(Cl)cc2)no1)C(=O)O. The molecule has 0 radical (unpaired) electrons. The Balaban J connectivity index is 1.83. The van der Waals surface area contributed by atoms with Crippen molar-refractivity contribution < 1.29 is 24.0 Å². The lowest BCUT2D eigenvalue weighted by molar-refractivity contribution is -0.148. The molecule has 0 aliphatic carbocycles. The highest BCUT2D eigenvalue weighted by Gasteiger charge is 2.17. The van der Waals surface area contributed by atoms with Crippen LogP contribution in [0.2, 0.25) is 5.02 Å². The molecule has 1 heterocycles. The van der Waals surface area contributed by atoms with Gasteiger partial charge in [0.25, 0.3) is 0 Å². The number of carbonyl (C=O) groups is 2. The smallest absolute Gasteiger partial charge is 0.334 e. The first-order valence-electron chi connectivity index (χ1n) is 7.10. The Kier molecular flexibility index (Phi) is 6.28. The molecule has 0 bridgehead atoms. The van der Waals surface area contributed by atoms with Crippen molar-refractivity contribution in [1.29, 1.82) is 0 Å². The second-order valence-corrected chi connectivity index (χ2v) is 5.32. The molecular formula is C15H16ClN3O5. The Morgan fingerprint density at radius 1 is 1.38 bits per heavy atom. The standard InChI is InChI=1S/C15H16ClN3O5/c1-23-11(15(21)22)8-17-12(20)6-7-13-18-14(19-24-13)9-2-4-10(16)5-3-9/h2-5,11H,6-8H2,1H3,(H,17,20)(H,21,22). The zero-order valence-electron chi connectivity index (χ0n) is 12.9. The predicted molar refractivity (Wildman–Crippen MR) is 84.5 cm³/mol. The number of methoxy groups -OCH3 is 1. The van der Waals surface area contributed by atoms with Crippen molar-refractivity contribution in [3.8, 4) is 11.4 Å². The summed E-state index contributed by atoms with van der Waals surface area (Å²) >= 11 is 5.82. The number of nitrogens with one attached hydrogen (secondary N) is 1. The predicted octanol–water partition coefficient (Wildman–Crippen LogP) is 1.54. The van der Waals surface area contributed by atoms with E-state index in [2.05, 4.69) is 15.5 Å². The van der Waals surface area contributed by atoms with Crippen LogP contribution in [0.15, 0.2) is 28.8 Å². The summed E-state index contributed by atoms with van der Waals surface area (Å²) in [6, 6.07) is 6.96. The Morgan fingerprint density at radius 2 is 2.08 bits per heavy atom. The van der Waals surface area contributed by atoms with Gasteiger partial charge < -0.3 is 19.7 Å². The van der Waals surface area contributed by atoms with Crippen LogP contribution in [0, 0.1) is 0 Å². The van der Waals surface area contributed by atoms with Gasteiger partial charge in [0.2, 0.25) is 17.6 Å². The first-order chi connectivity index (χ1) is 11.5. The van der Waals surface area contributed by atoms with E-state index in [0.717, 1.165) is 5.56 Å². The van der Waals surface area contributed by atoms with Crippen molar-refractivity contribution in [3.05, 3.63) is 35.2 Å². The van der Waals surface area contributed by atoms with E-state index >= 15 is 0 Å². The zero-order valence-corrected chi connectivity index (χ0v) is 13.6. The third-order valence-corrected chi connectivity index (χ3v) is 3.43. The van der Waals surface area contributed by atoms with E-state index in [-0.39, 0.29) is 25.3 Å². The molecule has 9 heteroatoms. The number of hydrogen-bond acceptors (Lipinski definition) is 6. The molecule has 2 rings (SSSR count). The summed E-state index contributed by atoms with van der Waals surface area (Å²) in [5.41, 5.74) is 0.753.